The van der Waals surface area contributed by atoms with Crippen LogP contribution in [0.25, 0.3) is 5.65 Å². The molecule has 0 fully saturated rings. The van der Waals surface area contributed by atoms with Gasteiger partial charge in [-0.15, -0.1) is 11.3 Å². The van der Waals surface area contributed by atoms with Crippen LogP contribution >= 0.6 is 11.3 Å². The number of hydrogen-bond donors (Lipinski definition) is 2. The molecule has 0 bridgehead atoms. The minimum atomic E-state index is -1.01. The second-order valence-electron chi connectivity index (χ2n) is 4.24. The average molecular weight is 288 g/mol. The maximum absolute atomic E-state index is 11.4. The van der Waals surface area contributed by atoms with Crippen molar-refractivity contribution in [1.82, 2.24) is 14.4 Å². The number of aromatic carboxylic acids is 1. The predicted molar refractivity (Wildman–Crippen MR) is 76.3 cm³/mol. The number of aromatic nitrogens is 3. The maximum atomic E-state index is 11.4. The van der Waals surface area contributed by atoms with Gasteiger partial charge in [0.05, 0.1) is 11.6 Å². The van der Waals surface area contributed by atoms with Gasteiger partial charge in [0, 0.05) is 17.3 Å². The number of anilines is 1. The number of nitrogens with one attached hydrogen (secondary N) is 1. The van der Waals surface area contributed by atoms with Gasteiger partial charge in [-0.3, -0.25) is 4.40 Å². The highest BCUT2D eigenvalue weighted by Gasteiger charge is 2.18. The van der Waals surface area contributed by atoms with Gasteiger partial charge < -0.3 is 10.4 Å². The second kappa shape index (κ2) is 4.93. The summed E-state index contributed by atoms with van der Waals surface area (Å²) in [6, 6.07) is 5.37. The minimum Gasteiger partial charge on any atom is -0.476 e. The van der Waals surface area contributed by atoms with Gasteiger partial charge in [-0.25, -0.2) is 14.8 Å². The summed E-state index contributed by atoms with van der Waals surface area (Å²) >= 11 is 1.57. The van der Waals surface area contributed by atoms with Crippen LogP contribution in [0.1, 0.15) is 20.4 Å². The van der Waals surface area contributed by atoms with E-state index in [1.165, 1.54) is 0 Å². The largest absolute Gasteiger partial charge is 0.476 e. The molecule has 3 aromatic rings. The lowest BCUT2D eigenvalue weighted by atomic mass is 10.4. The van der Waals surface area contributed by atoms with Crippen molar-refractivity contribution in [1.29, 1.82) is 0 Å². The monoisotopic (exact) mass is 288 g/mol. The van der Waals surface area contributed by atoms with Gasteiger partial charge in [0.1, 0.15) is 5.65 Å². The standard InChI is InChI=1S/C13H12N4O2S/c1-8-14-6-9(20-8)7-15-12-11(13(18)19)17-5-3-2-4-10(17)16-12/h2-6,15H,7H2,1H3,(H,18,19). The Morgan fingerprint density at radius 3 is 3.05 bits per heavy atom. The van der Waals surface area contributed by atoms with E-state index in [0.29, 0.717) is 18.0 Å². The Balaban J connectivity index is 1.94. The van der Waals surface area contributed by atoms with Crippen molar-refractivity contribution in [3.63, 3.8) is 0 Å². The lowest BCUT2D eigenvalue weighted by Gasteiger charge is -2.02. The Morgan fingerprint density at radius 1 is 1.50 bits per heavy atom. The first-order valence-electron chi connectivity index (χ1n) is 6.00. The van der Waals surface area contributed by atoms with Crippen molar-refractivity contribution in [2.75, 3.05) is 5.32 Å². The lowest BCUT2D eigenvalue weighted by Crippen LogP contribution is -2.07. The smallest absolute Gasteiger partial charge is 0.356 e. The van der Waals surface area contributed by atoms with Crippen LogP contribution < -0.4 is 5.32 Å². The number of imidazole rings is 1. The Hall–Kier alpha value is -2.41. The summed E-state index contributed by atoms with van der Waals surface area (Å²) in [7, 11) is 0. The van der Waals surface area contributed by atoms with Crippen molar-refractivity contribution in [2.24, 2.45) is 0 Å². The Kier molecular flexibility index (Phi) is 3.11. The van der Waals surface area contributed by atoms with Crippen LogP contribution in [-0.2, 0) is 6.54 Å². The van der Waals surface area contributed by atoms with Crippen molar-refractivity contribution < 1.29 is 9.90 Å². The molecule has 0 amide bonds. The molecule has 2 N–H and O–H groups in total. The summed E-state index contributed by atoms with van der Waals surface area (Å²) in [6.07, 6.45) is 3.47. The van der Waals surface area contributed by atoms with Crippen LogP contribution in [0.3, 0.4) is 0 Å². The number of fused-ring (bicyclic) bond motifs is 1. The number of carboxylic acid groups (broad SMARTS) is 1. The molecule has 0 aliphatic carbocycles. The summed E-state index contributed by atoms with van der Waals surface area (Å²) in [5.74, 6) is -0.638. The first-order chi connectivity index (χ1) is 9.65. The quantitative estimate of drug-likeness (QED) is 0.770. The molecule has 0 unspecified atom stereocenters. The van der Waals surface area contributed by atoms with Crippen molar-refractivity contribution in [2.45, 2.75) is 13.5 Å². The summed E-state index contributed by atoms with van der Waals surface area (Å²) in [5, 5.41) is 13.4. The first kappa shape index (κ1) is 12.6. The zero-order chi connectivity index (χ0) is 14.1. The summed E-state index contributed by atoms with van der Waals surface area (Å²) in [4.78, 5) is 20.9. The molecule has 102 valence electrons. The van der Waals surface area contributed by atoms with E-state index >= 15 is 0 Å². The number of hydrogen-bond acceptors (Lipinski definition) is 5. The molecule has 0 aromatic carbocycles. The number of aryl methyl sites for hydroxylation is 1. The lowest BCUT2D eigenvalue weighted by molar-refractivity contribution is 0.0690. The highest BCUT2D eigenvalue weighted by atomic mass is 32.1. The molecule has 6 nitrogen and oxygen atoms in total. The van der Waals surface area contributed by atoms with E-state index in [-0.39, 0.29) is 5.69 Å². The summed E-state index contributed by atoms with van der Waals surface area (Å²) in [6.45, 7) is 2.44. The molecule has 0 spiro atoms. The van der Waals surface area contributed by atoms with E-state index in [9.17, 15) is 9.90 Å². The highest BCUT2D eigenvalue weighted by Crippen LogP contribution is 2.19. The molecule has 20 heavy (non-hydrogen) atoms. The number of pyridine rings is 1. The molecule has 7 heteroatoms. The van der Waals surface area contributed by atoms with E-state index in [0.717, 1.165) is 9.88 Å². The normalized spacial score (nSPS) is 10.8. The van der Waals surface area contributed by atoms with Crippen molar-refractivity contribution in [3.8, 4) is 0 Å². The third-order valence-electron chi connectivity index (χ3n) is 2.83. The number of thiazole rings is 1. The molecular weight excluding hydrogens is 276 g/mol. The molecule has 0 saturated heterocycles. The molecule has 0 saturated carbocycles. The van der Waals surface area contributed by atoms with E-state index in [1.54, 1.807) is 40.3 Å². The third-order valence-corrected chi connectivity index (χ3v) is 3.74. The van der Waals surface area contributed by atoms with Crippen LogP contribution in [0.2, 0.25) is 0 Å². The molecule has 0 radical (unpaired) electrons. The predicted octanol–water partition coefficient (Wildman–Crippen LogP) is 2.41. The topological polar surface area (TPSA) is 79.5 Å². The molecule has 3 rings (SSSR count). The SMILES string of the molecule is Cc1ncc(CNc2nc3ccccn3c2C(=O)O)s1. The van der Waals surface area contributed by atoms with E-state index in [2.05, 4.69) is 15.3 Å². The third kappa shape index (κ3) is 2.23. The van der Waals surface area contributed by atoms with Crippen LogP contribution in [0.15, 0.2) is 30.6 Å². The highest BCUT2D eigenvalue weighted by molar-refractivity contribution is 7.11. The number of rotatable bonds is 4. The van der Waals surface area contributed by atoms with Gasteiger partial charge in [-0.2, -0.15) is 0 Å². The average Bonchev–Trinajstić information content (AvgIpc) is 2.99. The maximum Gasteiger partial charge on any atom is 0.356 e. The van der Waals surface area contributed by atoms with Gasteiger partial charge in [-0.05, 0) is 19.1 Å². The molecule has 0 aliphatic heterocycles. The van der Waals surface area contributed by atoms with Gasteiger partial charge in [-0.1, -0.05) is 6.07 Å². The summed E-state index contributed by atoms with van der Waals surface area (Å²) < 4.78 is 1.56. The van der Waals surface area contributed by atoms with E-state index in [4.69, 9.17) is 0 Å². The zero-order valence-corrected chi connectivity index (χ0v) is 11.5. The summed E-state index contributed by atoms with van der Waals surface area (Å²) in [5.41, 5.74) is 0.745. The first-order valence-corrected chi connectivity index (χ1v) is 6.82. The molecule has 0 atom stereocenters. The number of carboxylic acids is 1. The molecule has 0 aliphatic rings. The van der Waals surface area contributed by atoms with E-state index < -0.39 is 5.97 Å². The van der Waals surface area contributed by atoms with Crippen LogP contribution in [0.5, 0.6) is 0 Å². The molecule has 3 aromatic heterocycles. The fraction of sp³-hybridized carbons (Fsp3) is 0.154. The fourth-order valence-electron chi connectivity index (χ4n) is 1.98. The Labute approximate surface area is 118 Å². The Bertz CT molecular complexity index is 778. The van der Waals surface area contributed by atoms with Gasteiger partial charge >= 0.3 is 5.97 Å². The van der Waals surface area contributed by atoms with Crippen LogP contribution in [0, 0.1) is 6.92 Å². The second-order valence-corrected chi connectivity index (χ2v) is 5.56. The fourth-order valence-corrected chi connectivity index (χ4v) is 2.72. The van der Waals surface area contributed by atoms with Crippen molar-refractivity contribution >= 4 is 28.8 Å². The minimum absolute atomic E-state index is 0.141. The zero-order valence-electron chi connectivity index (χ0n) is 10.7. The van der Waals surface area contributed by atoms with Crippen LogP contribution in [0.4, 0.5) is 5.82 Å². The van der Waals surface area contributed by atoms with Gasteiger partial charge in [0.2, 0.25) is 0 Å². The van der Waals surface area contributed by atoms with E-state index in [1.807, 2.05) is 13.0 Å². The van der Waals surface area contributed by atoms with Gasteiger partial charge in [0.25, 0.3) is 0 Å². The molecule has 3 heterocycles. The van der Waals surface area contributed by atoms with Gasteiger partial charge in [0.15, 0.2) is 11.5 Å². The number of nitrogens with zero attached hydrogens (tertiary/aromatic N) is 3. The van der Waals surface area contributed by atoms with Crippen LogP contribution in [-0.4, -0.2) is 25.4 Å². The Morgan fingerprint density at radius 2 is 2.35 bits per heavy atom. The molecular formula is C13H12N4O2S. The van der Waals surface area contributed by atoms with Crippen molar-refractivity contribution in [3.05, 3.63) is 46.2 Å². The number of carbonyl (C=O) groups is 1.